The van der Waals surface area contributed by atoms with E-state index in [0.29, 0.717) is 5.75 Å². The molecule has 14 heavy (non-hydrogen) atoms. The summed E-state index contributed by atoms with van der Waals surface area (Å²) in [5.41, 5.74) is -0.492. The van der Waals surface area contributed by atoms with Gasteiger partial charge >= 0.3 is 6.09 Å². The summed E-state index contributed by atoms with van der Waals surface area (Å²) in [5.74, 6) is 0.607. The summed E-state index contributed by atoms with van der Waals surface area (Å²) < 4.78 is 5.00. The van der Waals surface area contributed by atoms with Crippen LogP contribution in [0.4, 0.5) is 4.79 Å². The monoisotopic (exact) mass is 221 g/mol. The summed E-state index contributed by atoms with van der Waals surface area (Å²) in [4.78, 5) is 11.1. The van der Waals surface area contributed by atoms with Gasteiger partial charge in [0.2, 0.25) is 0 Å². The van der Waals surface area contributed by atoms with Gasteiger partial charge in [-0.3, -0.25) is 0 Å². The van der Waals surface area contributed by atoms with E-state index in [4.69, 9.17) is 4.74 Å². The number of carbonyl (C=O) groups is 1. The second-order valence-corrected chi connectivity index (χ2v) is 4.90. The van der Waals surface area contributed by atoms with Crippen molar-refractivity contribution in [1.82, 2.24) is 5.32 Å². The second kappa shape index (κ2) is 6.14. The Morgan fingerprint density at radius 3 is 2.57 bits per heavy atom. The van der Waals surface area contributed by atoms with Crippen molar-refractivity contribution in [1.29, 1.82) is 0 Å². The third kappa shape index (κ3) is 8.19. The Morgan fingerprint density at radius 2 is 2.14 bits per heavy atom. The number of aliphatic hydroxyl groups is 1. The Bertz CT molecular complexity index is 179. The molecule has 0 aliphatic rings. The molecule has 0 aromatic heterocycles. The summed E-state index contributed by atoms with van der Waals surface area (Å²) >= 11 is 1.53. The Labute approximate surface area is 89.4 Å². The molecule has 0 aromatic rings. The molecule has 0 spiro atoms. The largest absolute Gasteiger partial charge is 0.444 e. The van der Waals surface area contributed by atoms with E-state index in [-0.39, 0.29) is 6.54 Å². The Kier molecular flexibility index (Phi) is 5.95. The lowest BCUT2D eigenvalue weighted by atomic mass is 10.2. The Hall–Kier alpha value is -0.420. The highest BCUT2D eigenvalue weighted by atomic mass is 32.2. The summed E-state index contributed by atoms with van der Waals surface area (Å²) in [6, 6.07) is 0. The van der Waals surface area contributed by atoms with Crippen molar-refractivity contribution >= 4 is 17.9 Å². The van der Waals surface area contributed by atoms with Crippen molar-refractivity contribution in [2.45, 2.75) is 32.5 Å². The molecule has 0 aliphatic carbocycles. The second-order valence-electron chi connectivity index (χ2n) is 3.99. The molecule has 0 bridgehead atoms. The van der Waals surface area contributed by atoms with Gasteiger partial charge in [0, 0.05) is 12.3 Å². The van der Waals surface area contributed by atoms with Crippen molar-refractivity contribution in [3.8, 4) is 0 Å². The van der Waals surface area contributed by atoms with E-state index in [1.54, 1.807) is 20.8 Å². The highest BCUT2D eigenvalue weighted by Crippen LogP contribution is 2.06. The molecule has 0 aliphatic heterocycles. The molecule has 0 heterocycles. The van der Waals surface area contributed by atoms with Crippen molar-refractivity contribution in [2.24, 2.45) is 0 Å². The number of ether oxygens (including phenoxy) is 1. The summed E-state index contributed by atoms with van der Waals surface area (Å²) in [6.07, 6.45) is 0.895. The number of hydrogen-bond donors (Lipinski definition) is 2. The minimum Gasteiger partial charge on any atom is -0.444 e. The van der Waals surface area contributed by atoms with Gasteiger partial charge in [0.25, 0.3) is 0 Å². The molecule has 0 radical (unpaired) electrons. The van der Waals surface area contributed by atoms with Crippen molar-refractivity contribution in [3.05, 3.63) is 0 Å². The molecule has 1 amide bonds. The summed E-state index contributed by atoms with van der Waals surface area (Å²) in [6.45, 7) is 5.62. The van der Waals surface area contributed by atoms with E-state index in [1.807, 2.05) is 6.26 Å². The van der Waals surface area contributed by atoms with E-state index in [9.17, 15) is 9.90 Å². The van der Waals surface area contributed by atoms with Crippen LogP contribution in [0.5, 0.6) is 0 Å². The van der Waals surface area contributed by atoms with Crippen LogP contribution >= 0.6 is 11.8 Å². The number of aliphatic hydroxyl groups excluding tert-OH is 1. The number of rotatable bonds is 4. The lowest BCUT2D eigenvalue weighted by molar-refractivity contribution is 0.0499. The summed E-state index contributed by atoms with van der Waals surface area (Å²) in [5, 5.41) is 11.8. The molecule has 0 saturated carbocycles. The van der Waals surface area contributed by atoms with Crippen molar-refractivity contribution in [2.75, 3.05) is 18.6 Å². The van der Waals surface area contributed by atoms with E-state index in [2.05, 4.69) is 5.32 Å². The predicted molar refractivity (Wildman–Crippen MR) is 58.6 cm³/mol. The minimum absolute atomic E-state index is 0.232. The molecular formula is C9H19NO3S. The number of hydrogen-bond acceptors (Lipinski definition) is 4. The van der Waals surface area contributed by atoms with Gasteiger partial charge in [-0.2, -0.15) is 11.8 Å². The molecule has 5 heteroatoms. The van der Waals surface area contributed by atoms with Crippen LogP contribution in [0, 0.1) is 0 Å². The first-order valence-corrected chi connectivity index (χ1v) is 5.88. The van der Waals surface area contributed by atoms with Crippen LogP contribution in [0.2, 0.25) is 0 Å². The molecule has 0 aromatic carbocycles. The maximum absolute atomic E-state index is 11.1. The van der Waals surface area contributed by atoms with E-state index in [0.717, 1.165) is 0 Å². The first kappa shape index (κ1) is 13.6. The number of amides is 1. The van der Waals surface area contributed by atoms with Crippen LogP contribution in [0.1, 0.15) is 20.8 Å². The zero-order chi connectivity index (χ0) is 11.2. The highest BCUT2D eigenvalue weighted by Gasteiger charge is 2.16. The van der Waals surface area contributed by atoms with Crippen LogP contribution in [0.3, 0.4) is 0 Å². The molecule has 4 nitrogen and oxygen atoms in total. The fourth-order valence-electron chi connectivity index (χ4n) is 0.767. The van der Waals surface area contributed by atoms with Gasteiger partial charge in [0.05, 0.1) is 6.10 Å². The molecule has 0 unspecified atom stereocenters. The maximum atomic E-state index is 11.1. The number of carbonyl (C=O) groups excluding carboxylic acids is 1. The lowest BCUT2D eigenvalue weighted by Gasteiger charge is -2.20. The molecule has 0 rings (SSSR count). The Balaban J connectivity index is 3.64. The van der Waals surface area contributed by atoms with E-state index in [1.165, 1.54) is 11.8 Å². The molecule has 84 valence electrons. The zero-order valence-corrected chi connectivity index (χ0v) is 9.98. The van der Waals surface area contributed by atoms with Crippen molar-refractivity contribution in [3.63, 3.8) is 0 Å². The minimum atomic E-state index is -0.516. The average molecular weight is 221 g/mol. The van der Waals surface area contributed by atoms with E-state index < -0.39 is 17.8 Å². The van der Waals surface area contributed by atoms with Gasteiger partial charge in [0.15, 0.2) is 0 Å². The first-order chi connectivity index (χ1) is 6.35. The molecule has 0 fully saturated rings. The number of alkyl carbamates (subject to hydrolysis) is 1. The van der Waals surface area contributed by atoms with Crippen LogP contribution in [0.15, 0.2) is 0 Å². The van der Waals surface area contributed by atoms with Gasteiger partial charge in [-0.05, 0) is 27.0 Å². The van der Waals surface area contributed by atoms with Gasteiger partial charge in [0.1, 0.15) is 5.60 Å². The fraction of sp³-hybridized carbons (Fsp3) is 0.889. The topological polar surface area (TPSA) is 58.6 Å². The quantitative estimate of drug-likeness (QED) is 0.750. The lowest BCUT2D eigenvalue weighted by Crippen LogP contribution is -2.37. The van der Waals surface area contributed by atoms with Crippen LogP contribution < -0.4 is 5.32 Å². The van der Waals surface area contributed by atoms with Gasteiger partial charge in [-0.15, -0.1) is 0 Å². The SMILES string of the molecule is CSC[C@@H](O)CNC(=O)OC(C)(C)C. The zero-order valence-electron chi connectivity index (χ0n) is 9.16. The third-order valence-electron chi connectivity index (χ3n) is 1.24. The first-order valence-electron chi connectivity index (χ1n) is 4.49. The Morgan fingerprint density at radius 1 is 1.57 bits per heavy atom. The number of nitrogens with one attached hydrogen (secondary N) is 1. The normalized spacial score (nSPS) is 13.5. The van der Waals surface area contributed by atoms with Crippen LogP contribution in [-0.4, -0.2) is 41.5 Å². The third-order valence-corrected chi connectivity index (χ3v) is 1.96. The van der Waals surface area contributed by atoms with Gasteiger partial charge in [-0.25, -0.2) is 4.79 Å². The smallest absolute Gasteiger partial charge is 0.407 e. The highest BCUT2D eigenvalue weighted by molar-refractivity contribution is 7.98. The van der Waals surface area contributed by atoms with Crippen LogP contribution in [-0.2, 0) is 4.74 Å². The van der Waals surface area contributed by atoms with Crippen LogP contribution in [0.25, 0.3) is 0 Å². The molecule has 0 saturated heterocycles. The fourth-order valence-corrected chi connectivity index (χ4v) is 1.27. The number of thioether (sulfide) groups is 1. The standard InChI is InChI=1S/C9H19NO3S/c1-9(2,3)13-8(12)10-5-7(11)6-14-4/h7,11H,5-6H2,1-4H3,(H,10,12)/t7-/m0/s1. The van der Waals surface area contributed by atoms with Crippen molar-refractivity contribution < 1.29 is 14.6 Å². The molecule has 2 N–H and O–H groups in total. The molecule has 1 atom stereocenters. The predicted octanol–water partition coefficient (Wildman–Crippen LogP) is 1.24. The van der Waals surface area contributed by atoms with Gasteiger partial charge in [-0.1, -0.05) is 0 Å². The van der Waals surface area contributed by atoms with E-state index >= 15 is 0 Å². The average Bonchev–Trinajstić information content (AvgIpc) is 1.98. The van der Waals surface area contributed by atoms with Gasteiger partial charge < -0.3 is 15.2 Å². The maximum Gasteiger partial charge on any atom is 0.407 e. The summed E-state index contributed by atoms with van der Waals surface area (Å²) in [7, 11) is 0. The molecular weight excluding hydrogens is 202 g/mol.